The Labute approximate surface area is 122 Å². The summed E-state index contributed by atoms with van der Waals surface area (Å²) in [5.74, 6) is -0.0134. The Kier molecular flexibility index (Phi) is 4.47. The molecule has 0 aliphatic carbocycles. The van der Waals surface area contributed by atoms with Gasteiger partial charge in [-0.15, -0.1) is 0 Å². The minimum atomic E-state index is -0.479. The van der Waals surface area contributed by atoms with Gasteiger partial charge in [0.05, 0.1) is 6.61 Å². The molecule has 104 valence electrons. The van der Waals surface area contributed by atoms with Gasteiger partial charge < -0.3 is 14.9 Å². The molecule has 1 unspecified atom stereocenters. The number of aliphatic hydroxyl groups excluding tert-OH is 1. The van der Waals surface area contributed by atoms with Crippen molar-refractivity contribution >= 4 is 27.5 Å². The van der Waals surface area contributed by atoms with E-state index in [1.54, 1.807) is 11.9 Å². The third kappa shape index (κ3) is 2.92. The van der Waals surface area contributed by atoms with Crippen LogP contribution in [0.5, 0.6) is 0 Å². The Morgan fingerprint density at radius 3 is 2.79 bits per heavy atom. The van der Waals surface area contributed by atoms with Crippen molar-refractivity contribution in [3.8, 4) is 0 Å². The summed E-state index contributed by atoms with van der Waals surface area (Å²) in [7, 11) is 1.79. The predicted octanol–water partition coefficient (Wildman–Crippen LogP) is 1.79. The Morgan fingerprint density at radius 1 is 1.42 bits per heavy atom. The van der Waals surface area contributed by atoms with Crippen molar-refractivity contribution in [3.05, 3.63) is 28.2 Å². The molecule has 19 heavy (non-hydrogen) atoms. The number of benzene rings is 1. The molecule has 1 saturated heterocycles. The van der Waals surface area contributed by atoms with Gasteiger partial charge >= 0.3 is 0 Å². The van der Waals surface area contributed by atoms with Crippen LogP contribution >= 0.6 is 15.9 Å². The predicted molar refractivity (Wildman–Crippen MR) is 79.4 cm³/mol. The fourth-order valence-electron chi connectivity index (χ4n) is 2.43. The molecule has 1 amide bonds. The van der Waals surface area contributed by atoms with Crippen LogP contribution in [0.4, 0.5) is 5.69 Å². The van der Waals surface area contributed by atoms with E-state index in [4.69, 9.17) is 0 Å². The Morgan fingerprint density at radius 2 is 2.16 bits per heavy atom. The van der Waals surface area contributed by atoms with E-state index in [9.17, 15) is 9.90 Å². The number of aliphatic hydroxyl groups is 1. The van der Waals surface area contributed by atoms with E-state index in [0.29, 0.717) is 0 Å². The lowest BCUT2D eigenvalue weighted by atomic mass is 10.1. The lowest BCUT2D eigenvalue weighted by molar-refractivity contribution is -0.131. The summed E-state index contributed by atoms with van der Waals surface area (Å²) >= 11 is 3.48. The second-order valence-corrected chi connectivity index (χ2v) is 5.79. The van der Waals surface area contributed by atoms with E-state index < -0.39 is 6.04 Å². The van der Waals surface area contributed by atoms with E-state index >= 15 is 0 Å². The second-order valence-electron chi connectivity index (χ2n) is 4.94. The summed E-state index contributed by atoms with van der Waals surface area (Å²) in [4.78, 5) is 15.9. The van der Waals surface area contributed by atoms with Crippen LogP contribution in [-0.2, 0) is 4.79 Å². The van der Waals surface area contributed by atoms with Gasteiger partial charge in [0.1, 0.15) is 6.04 Å². The van der Waals surface area contributed by atoms with E-state index in [1.807, 2.05) is 30.0 Å². The van der Waals surface area contributed by atoms with Crippen LogP contribution < -0.4 is 4.90 Å². The molecule has 1 N–H and O–H groups in total. The Hall–Kier alpha value is -1.07. The third-order valence-electron chi connectivity index (χ3n) is 3.58. The molecule has 0 radical (unpaired) electrons. The highest BCUT2D eigenvalue weighted by Gasteiger charge is 2.30. The molecule has 0 aromatic heterocycles. The first kappa shape index (κ1) is 14.3. The van der Waals surface area contributed by atoms with E-state index in [0.717, 1.165) is 35.2 Å². The first-order valence-corrected chi connectivity index (χ1v) is 7.22. The minimum absolute atomic E-state index is 0.0134. The number of hydrogen-bond acceptors (Lipinski definition) is 3. The van der Waals surface area contributed by atoms with Gasteiger partial charge in [-0.25, -0.2) is 0 Å². The monoisotopic (exact) mass is 326 g/mol. The minimum Gasteiger partial charge on any atom is -0.394 e. The molecule has 1 aliphatic heterocycles. The highest BCUT2D eigenvalue weighted by Crippen LogP contribution is 2.26. The number of aryl methyl sites for hydroxylation is 1. The van der Waals surface area contributed by atoms with Gasteiger partial charge in [0.2, 0.25) is 5.91 Å². The average Bonchev–Trinajstić information content (AvgIpc) is 2.53. The van der Waals surface area contributed by atoms with Crippen LogP contribution in [0.15, 0.2) is 22.7 Å². The summed E-state index contributed by atoms with van der Waals surface area (Å²) in [5.41, 5.74) is 2.11. The summed E-state index contributed by atoms with van der Waals surface area (Å²) < 4.78 is 1.05. The summed E-state index contributed by atoms with van der Waals surface area (Å²) in [6, 6.07) is 5.54. The molecule has 1 aromatic carbocycles. The highest BCUT2D eigenvalue weighted by atomic mass is 79.9. The fraction of sp³-hybridized carbons (Fsp3) is 0.500. The van der Waals surface area contributed by atoms with Crippen molar-refractivity contribution in [2.24, 2.45) is 0 Å². The summed E-state index contributed by atoms with van der Waals surface area (Å²) in [6.45, 7) is 3.38. The van der Waals surface area contributed by atoms with Gasteiger partial charge in [0.15, 0.2) is 0 Å². The number of rotatable bonds is 2. The standard InChI is InChI=1S/C14H19BrN2O2/c1-10-8-11(4-5-12(10)15)17-7-3-6-16(2)14(19)13(17)9-18/h4-5,8,13,18H,3,6-7,9H2,1-2H3. The zero-order valence-corrected chi connectivity index (χ0v) is 12.9. The van der Waals surface area contributed by atoms with Gasteiger partial charge in [-0.2, -0.15) is 0 Å². The molecule has 1 aliphatic rings. The van der Waals surface area contributed by atoms with Crippen LogP contribution in [0.25, 0.3) is 0 Å². The maximum atomic E-state index is 12.2. The lowest BCUT2D eigenvalue weighted by Gasteiger charge is -2.30. The summed E-state index contributed by atoms with van der Waals surface area (Å²) in [6.07, 6.45) is 0.911. The number of amides is 1. The van der Waals surface area contributed by atoms with Crippen LogP contribution in [0, 0.1) is 6.92 Å². The molecular formula is C14H19BrN2O2. The smallest absolute Gasteiger partial charge is 0.247 e. The molecule has 4 nitrogen and oxygen atoms in total. The van der Waals surface area contributed by atoms with Crippen LogP contribution in [0.1, 0.15) is 12.0 Å². The third-order valence-corrected chi connectivity index (χ3v) is 4.47. The van der Waals surface area contributed by atoms with Crippen LogP contribution in [-0.4, -0.2) is 48.7 Å². The Bertz CT molecular complexity index is 479. The number of carbonyl (C=O) groups is 1. The molecule has 0 saturated carbocycles. The van der Waals surface area contributed by atoms with Crippen molar-refractivity contribution in [2.45, 2.75) is 19.4 Å². The molecule has 2 rings (SSSR count). The maximum Gasteiger partial charge on any atom is 0.247 e. The van der Waals surface area contributed by atoms with Crippen molar-refractivity contribution in [2.75, 3.05) is 31.6 Å². The van der Waals surface area contributed by atoms with Crippen molar-refractivity contribution in [1.29, 1.82) is 0 Å². The fourth-order valence-corrected chi connectivity index (χ4v) is 2.67. The Balaban J connectivity index is 2.34. The van der Waals surface area contributed by atoms with Gasteiger partial charge in [-0.05, 0) is 37.1 Å². The largest absolute Gasteiger partial charge is 0.394 e. The van der Waals surface area contributed by atoms with Gasteiger partial charge in [0, 0.05) is 30.3 Å². The molecule has 5 heteroatoms. The number of nitrogens with zero attached hydrogens (tertiary/aromatic N) is 2. The van der Waals surface area contributed by atoms with Gasteiger partial charge in [-0.1, -0.05) is 15.9 Å². The quantitative estimate of drug-likeness (QED) is 0.901. The van der Waals surface area contributed by atoms with Crippen LogP contribution in [0.2, 0.25) is 0 Å². The number of anilines is 1. The molecule has 1 aromatic rings. The summed E-state index contributed by atoms with van der Waals surface area (Å²) in [5, 5.41) is 9.56. The molecule has 1 atom stereocenters. The topological polar surface area (TPSA) is 43.8 Å². The van der Waals surface area contributed by atoms with Gasteiger partial charge in [-0.3, -0.25) is 4.79 Å². The zero-order valence-electron chi connectivity index (χ0n) is 11.3. The zero-order chi connectivity index (χ0) is 14.0. The van der Waals surface area contributed by atoms with Crippen molar-refractivity contribution in [1.82, 2.24) is 4.90 Å². The molecule has 1 fully saturated rings. The van der Waals surface area contributed by atoms with E-state index in [1.165, 1.54) is 0 Å². The first-order valence-electron chi connectivity index (χ1n) is 6.43. The molecule has 0 bridgehead atoms. The number of halogens is 1. The lowest BCUT2D eigenvalue weighted by Crippen LogP contribution is -2.47. The maximum absolute atomic E-state index is 12.2. The van der Waals surface area contributed by atoms with Crippen LogP contribution in [0.3, 0.4) is 0 Å². The number of carbonyl (C=O) groups excluding carboxylic acids is 1. The number of hydrogen-bond donors (Lipinski definition) is 1. The van der Waals surface area contributed by atoms with E-state index in [-0.39, 0.29) is 12.5 Å². The molecule has 0 spiro atoms. The second kappa shape index (κ2) is 5.92. The number of likely N-dealkylation sites (N-methyl/N-ethyl adjacent to an activating group) is 1. The SMILES string of the molecule is Cc1cc(N2CCCN(C)C(=O)C2CO)ccc1Br. The average molecular weight is 327 g/mol. The van der Waals surface area contributed by atoms with Crippen molar-refractivity contribution in [3.63, 3.8) is 0 Å². The highest BCUT2D eigenvalue weighted by molar-refractivity contribution is 9.10. The normalized spacial score (nSPS) is 20.6. The molecular weight excluding hydrogens is 308 g/mol. The first-order chi connectivity index (χ1) is 9.04. The van der Waals surface area contributed by atoms with Crippen molar-refractivity contribution < 1.29 is 9.90 Å². The van der Waals surface area contributed by atoms with E-state index in [2.05, 4.69) is 15.9 Å². The molecule has 1 heterocycles. The van der Waals surface area contributed by atoms with Gasteiger partial charge in [0.25, 0.3) is 0 Å².